The third-order valence-electron chi connectivity index (χ3n) is 2.26. The van der Waals surface area contributed by atoms with Crippen LogP contribution in [0.25, 0.3) is 0 Å². The molecule has 0 bridgehead atoms. The van der Waals surface area contributed by atoms with Gasteiger partial charge in [-0.1, -0.05) is 51.9 Å². The Kier molecular flexibility index (Phi) is 9.17. The van der Waals surface area contributed by atoms with Crippen molar-refractivity contribution in [3.05, 3.63) is 0 Å². The van der Waals surface area contributed by atoms with E-state index < -0.39 is 5.91 Å². The Hall–Kier alpha value is -0.530. The van der Waals surface area contributed by atoms with Gasteiger partial charge in [0.1, 0.15) is 0 Å². The van der Waals surface area contributed by atoms with E-state index in [0.29, 0.717) is 6.42 Å². The van der Waals surface area contributed by atoms with E-state index in [0.717, 1.165) is 12.8 Å². The normalized spacial score (nSPS) is 10.2. The van der Waals surface area contributed by atoms with Crippen molar-refractivity contribution in [2.75, 3.05) is 0 Å². The lowest BCUT2D eigenvalue weighted by Gasteiger charge is -1.99. The summed E-state index contributed by atoms with van der Waals surface area (Å²) >= 11 is 0. The quantitative estimate of drug-likeness (QED) is 0.507. The van der Waals surface area contributed by atoms with Crippen LogP contribution in [0.3, 0.4) is 0 Å². The number of carbonyl (C=O) groups excluding carboxylic acids is 1. The number of unbranched alkanes of at least 4 members (excludes halogenated alkanes) is 7. The number of nitrogens with one attached hydrogen (secondary N) is 1. The maximum Gasteiger partial charge on any atom is 0.238 e. The molecule has 1 N–H and O–H groups in total. The fourth-order valence-corrected chi connectivity index (χ4v) is 1.42. The van der Waals surface area contributed by atoms with Gasteiger partial charge in [-0.05, 0) is 6.42 Å². The maximum absolute atomic E-state index is 10.3. The fourth-order valence-electron chi connectivity index (χ4n) is 1.42. The van der Waals surface area contributed by atoms with Gasteiger partial charge in [0.25, 0.3) is 0 Å². The summed E-state index contributed by atoms with van der Waals surface area (Å²) in [6, 6.07) is 0. The second kappa shape index (κ2) is 9.56. The summed E-state index contributed by atoms with van der Waals surface area (Å²) < 4.78 is 0. The first kappa shape index (κ1) is 12.5. The Morgan fingerprint density at radius 3 is 1.85 bits per heavy atom. The van der Waals surface area contributed by atoms with Crippen LogP contribution in [0, 0.1) is 0 Å². The molecule has 0 unspecified atom stereocenters. The highest BCUT2D eigenvalue weighted by atomic mass is 16.1. The first-order valence-corrected chi connectivity index (χ1v) is 5.51. The number of carbonyl (C=O) groups is 1. The molecule has 1 radical (unpaired) electrons. The van der Waals surface area contributed by atoms with Gasteiger partial charge in [-0.3, -0.25) is 10.5 Å². The van der Waals surface area contributed by atoms with E-state index in [4.69, 9.17) is 5.73 Å². The van der Waals surface area contributed by atoms with Crippen molar-refractivity contribution >= 4 is 5.91 Å². The van der Waals surface area contributed by atoms with E-state index in [9.17, 15) is 4.79 Å². The van der Waals surface area contributed by atoms with Crippen LogP contribution in [0.2, 0.25) is 0 Å². The first-order chi connectivity index (χ1) is 6.27. The minimum Gasteiger partial charge on any atom is -0.273 e. The van der Waals surface area contributed by atoms with Crippen molar-refractivity contribution in [3.8, 4) is 0 Å². The Bertz CT molecular complexity index is 123. The lowest BCUT2D eigenvalue weighted by Crippen LogP contribution is -1.96. The van der Waals surface area contributed by atoms with E-state index in [2.05, 4.69) is 6.92 Å². The average Bonchev–Trinajstić information content (AvgIpc) is 2.09. The van der Waals surface area contributed by atoms with E-state index in [-0.39, 0.29) is 0 Å². The molecule has 0 fully saturated rings. The van der Waals surface area contributed by atoms with Crippen LogP contribution >= 0.6 is 0 Å². The monoisotopic (exact) mass is 184 g/mol. The first-order valence-electron chi connectivity index (χ1n) is 5.51. The van der Waals surface area contributed by atoms with Gasteiger partial charge in [-0.15, -0.1) is 0 Å². The van der Waals surface area contributed by atoms with E-state index in [1.165, 1.54) is 38.5 Å². The summed E-state index contributed by atoms with van der Waals surface area (Å²) in [7, 11) is 0. The number of amides is 1. The molecule has 0 aromatic heterocycles. The van der Waals surface area contributed by atoms with Gasteiger partial charge in [-0.25, -0.2) is 0 Å². The second-order valence-corrected chi connectivity index (χ2v) is 3.65. The van der Waals surface area contributed by atoms with Crippen molar-refractivity contribution in [2.24, 2.45) is 0 Å². The van der Waals surface area contributed by atoms with Crippen LogP contribution in [-0.4, -0.2) is 5.91 Å². The predicted molar refractivity (Wildman–Crippen MR) is 55.3 cm³/mol. The molecule has 0 aliphatic carbocycles. The average molecular weight is 184 g/mol. The van der Waals surface area contributed by atoms with E-state index in [1.54, 1.807) is 0 Å². The number of rotatable bonds is 9. The second-order valence-electron chi connectivity index (χ2n) is 3.65. The molecule has 1 amide bonds. The summed E-state index contributed by atoms with van der Waals surface area (Å²) in [6.45, 7) is 2.22. The van der Waals surface area contributed by atoms with Crippen molar-refractivity contribution in [1.29, 1.82) is 0 Å². The van der Waals surface area contributed by atoms with Gasteiger partial charge in [0.2, 0.25) is 5.91 Å². The molecule has 0 aliphatic rings. The zero-order valence-electron chi connectivity index (χ0n) is 8.77. The molecule has 0 heterocycles. The zero-order valence-corrected chi connectivity index (χ0v) is 8.77. The van der Waals surface area contributed by atoms with Crippen LogP contribution in [0.5, 0.6) is 0 Å². The molecule has 0 rings (SSSR count). The van der Waals surface area contributed by atoms with Crippen LogP contribution in [0.1, 0.15) is 64.7 Å². The smallest absolute Gasteiger partial charge is 0.238 e. The molecule has 0 aliphatic heterocycles. The zero-order chi connectivity index (χ0) is 9.94. The summed E-state index contributed by atoms with van der Waals surface area (Å²) in [6.07, 6.45) is 10.4. The Morgan fingerprint density at radius 2 is 1.38 bits per heavy atom. The van der Waals surface area contributed by atoms with Gasteiger partial charge >= 0.3 is 0 Å². The Morgan fingerprint density at radius 1 is 0.923 bits per heavy atom. The van der Waals surface area contributed by atoms with Crippen LogP contribution in [0.4, 0.5) is 0 Å². The summed E-state index contributed by atoms with van der Waals surface area (Å²) in [5.74, 6) is -0.411. The van der Waals surface area contributed by atoms with Crippen LogP contribution in [0.15, 0.2) is 0 Å². The maximum atomic E-state index is 10.3. The highest BCUT2D eigenvalue weighted by Crippen LogP contribution is 2.09. The van der Waals surface area contributed by atoms with E-state index >= 15 is 0 Å². The summed E-state index contributed by atoms with van der Waals surface area (Å²) in [4.78, 5) is 10.3. The van der Waals surface area contributed by atoms with Gasteiger partial charge in [0, 0.05) is 6.42 Å². The van der Waals surface area contributed by atoms with Crippen LogP contribution in [-0.2, 0) is 4.79 Å². The third kappa shape index (κ3) is 11.5. The van der Waals surface area contributed by atoms with Gasteiger partial charge in [0.05, 0.1) is 0 Å². The summed E-state index contributed by atoms with van der Waals surface area (Å²) in [5.41, 5.74) is 6.71. The molecule has 0 saturated heterocycles. The van der Waals surface area contributed by atoms with Crippen molar-refractivity contribution in [1.82, 2.24) is 5.73 Å². The van der Waals surface area contributed by atoms with Gasteiger partial charge in [-0.2, -0.15) is 0 Å². The van der Waals surface area contributed by atoms with Crippen molar-refractivity contribution < 1.29 is 4.79 Å². The predicted octanol–water partition coefficient (Wildman–Crippen LogP) is 3.33. The van der Waals surface area contributed by atoms with Gasteiger partial charge < -0.3 is 0 Å². The number of hydrogen-bond acceptors (Lipinski definition) is 1. The lowest BCUT2D eigenvalue weighted by atomic mass is 10.1. The molecule has 2 heteroatoms. The molecule has 0 atom stereocenters. The topological polar surface area (TPSA) is 40.9 Å². The van der Waals surface area contributed by atoms with Gasteiger partial charge in [0.15, 0.2) is 0 Å². The standard InChI is InChI=1S/C11H22NO/c1-2-3-4-5-6-7-8-9-10-11(12)13/h12H,2-10H2,1H3. The molecule has 0 saturated carbocycles. The Labute approximate surface area is 81.9 Å². The minimum absolute atomic E-state index is 0.411. The summed E-state index contributed by atoms with van der Waals surface area (Å²) in [5, 5.41) is 0. The SMILES string of the molecule is CCCCCCCCCCC([NH])=O. The molecule has 77 valence electrons. The molecule has 2 nitrogen and oxygen atoms in total. The number of hydrogen-bond donors (Lipinski definition) is 0. The van der Waals surface area contributed by atoms with Crippen molar-refractivity contribution in [3.63, 3.8) is 0 Å². The lowest BCUT2D eigenvalue weighted by molar-refractivity contribution is -0.118. The Balaban J connectivity index is 2.87. The van der Waals surface area contributed by atoms with E-state index in [1.807, 2.05) is 0 Å². The largest absolute Gasteiger partial charge is 0.273 e. The minimum atomic E-state index is -0.411. The molecule has 0 spiro atoms. The molecule has 13 heavy (non-hydrogen) atoms. The molecule has 0 aromatic carbocycles. The third-order valence-corrected chi connectivity index (χ3v) is 2.26. The van der Waals surface area contributed by atoms with Crippen LogP contribution < -0.4 is 5.73 Å². The van der Waals surface area contributed by atoms with Crippen molar-refractivity contribution in [2.45, 2.75) is 64.7 Å². The highest BCUT2D eigenvalue weighted by molar-refractivity contribution is 5.72. The molecule has 0 aromatic rings. The highest BCUT2D eigenvalue weighted by Gasteiger charge is 1.95. The molecular formula is C11H22NO. The molecular weight excluding hydrogens is 162 g/mol. The fraction of sp³-hybridized carbons (Fsp3) is 0.909.